The molecule has 0 radical (unpaired) electrons. The summed E-state index contributed by atoms with van der Waals surface area (Å²) in [6.45, 7) is 5.60. The Balaban J connectivity index is 1.35. The number of piperazine rings is 1. The zero-order valence-corrected chi connectivity index (χ0v) is 20.8. The lowest BCUT2D eigenvalue weighted by molar-refractivity contribution is 0.101. The fourth-order valence-corrected chi connectivity index (χ4v) is 4.92. The third-order valence-electron chi connectivity index (χ3n) is 7.06. The summed E-state index contributed by atoms with van der Waals surface area (Å²) < 4.78 is 1.56. The smallest absolute Gasteiger partial charge is 0.263 e. The van der Waals surface area contributed by atoms with Gasteiger partial charge in [0.05, 0.1) is 17.8 Å². The van der Waals surface area contributed by atoms with Crippen molar-refractivity contribution < 1.29 is 4.79 Å². The highest BCUT2D eigenvalue weighted by Gasteiger charge is 2.27. The highest BCUT2D eigenvalue weighted by molar-refractivity contribution is 5.96. The molecular formula is C28H29N7O2. The molecule has 6 rings (SSSR count). The molecule has 3 aromatic heterocycles. The van der Waals surface area contributed by atoms with Gasteiger partial charge in [0.2, 0.25) is 5.95 Å². The maximum atomic E-state index is 13.4. The highest BCUT2D eigenvalue weighted by atomic mass is 16.1. The van der Waals surface area contributed by atoms with Crippen LogP contribution in [0, 0.1) is 0 Å². The Labute approximate surface area is 214 Å². The van der Waals surface area contributed by atoms with Crippen LogP contribution in [0.1, 0.15) is 47.3 Å². The fourth-order valence-electron chi connectivity index (χ4n) is 4.92. The van der Waals surface area contributed by atoms with Crippen molar-refractivity contribution in [1.82, 2.24) is 24.8 Å². The topological polar surface area (TPSA) is 105 Å². The molecule has 2 aliphatic rings. The molecule has 0 amide bonds. The second-order valence-electron chi connectivity index (χ2n) is 9.70. The van der Waals surface area contributed by atoms with E-state index in [-0.39, 0.29) is 23.5 Å². The molecule has 9 nitrogen and oxygen atoms in total. The minimum atomic E-state index is -0.363. The van der Waals surface area contributed by atoms with E-state index in [0.29, 0.717) is 22.9 Å². The molecule has 1 aliphatic carbocycles. The lowest BCUT2D eigenvalue weighted by Gasteiger charge is -2.29. The number of nitrogens with zero attached hydrogens (tertiary/aromatic N) is 5. The van der Waals surface area contributed by atoms with Gasteiger partial charge in [-0.2, -0.15) is 4.98 Å². The van der Waals surface area contributed by atoms with Crippen molar-refractivity contribution >= 4 is 34.1 Å². The number of carbonyl (C=O) groups is 1. The summed E-state index contributed by atoms with van der Waals surface area (Å²) in [6.07, 6.45) is 5.66. The first-order valence-electron chi connectivity index (χ1n) is 12.7. The van der Waals surface area contributed by atoms with Gasteiger partial charge in [-0.3, -0.25) is 19.1 Å². The zero-order chi connectivity index (χ0) is 25.4. The van der Waals surface area contributed by atoms with Gasteiger partial charge in [0, 0.05) is 55.3 Å². The van der Waals surface area contributed by atoms with E-state index in [4.69, 9.17) is 4.98 Å². The predicted octanol–water partition coefficient (Wildman–Crippen LogP) is 3.47. The van der Waals surface area contributed by atoms with Crippen LogP contribution >= 0.6 is 0 Å². The molecular weight excluding hydrogens is 466 g/mol. The maximum absolute atomic E-state index is 13.4. The summed E-state index contributed by atoms with van der Waals surface area (Å²) in [5.41, 5.74) is 4.27. The number of benzene rings is 1. The van der Waals surface area contributed by atoms with Crippen molar-refractivity contribution in [3.63, 3.8) is 0 Å². The van der Waals surface area contributed by atoms with Crippen LogP contribution in [0.2, 0.25) is 0 Å². The van der Waals surface area contributed by atoms with Crippen molar-refractivity contribution in [2.45, 2.75) is 32.2 Å². The molecule has 188 valence electrons. The number of anilines is 3. The number of hydrogen-bond acceptors (Lipinski definition) is 8. The van der Waals surface area contributed by atoms with Gasteiger partial charge in [-0.15, -0.1) is 0 Å². The van der Waals surface area contributed by atoms with E-state index in [1.54, 1.807) is 23.0 Å². The van der Waals surface area contributed by atoms with E-state index in [2.05, 4.69) is 43.7 Å². The van der Waals surface area contributed by atoms with E-state index in [9.17, 15) is 9.59 Å². The van der Waals surface area contributed by atoms with Gasteiger partial charge in [-0.05, 0) is 67.6 Å². The summed E-state index contributed by atoms with van der Waals surface area (Å²) in [6, 6.07) is 13.8. The SMILES string of the molecule is CC(=O)c1cc2cnc(Nc3ccc(N4CCNCC4)cc3)nc2n(Cc2ncccc2C2CC2)c1=O. The number of carbonyl (C=O) groups excluding carboxylic acids is 1. The number of fused-ring (bicyclic) bond motifs is 1. The molecule has 4 heterocycles. The van der Waals surface area contributed by atoms with Crippen LogP contribution in [0.15, 0.2) is 59.7 Å². The number of Topliss-reactive ketones (excluding diaryl/α,β-unsaturated/α-hetero) is 1. The second-order valence-corrected chi connectivity index (χ2v) is 9.70. The van der Waals surface area contributed by atoms with Crippen molar-refractivity contribution in [3.05, 3.63) is 82.0 Å². The summed E-state index contributed by atoms with van der Waals surface area (Å²) in [5, 5.41) is 7.27. The van der Waals surface area contributed by atoms with Crippen LogP contribution in [-0.2, 0) is 6.54 Å². The molecule has 1 aliphatic heterocycles. The second kappa shape index (κ2) is 9.74. The number of hydrogen-bond donors (Lipinski definition) is 2. The van der Waals surface area contributed by atoms with Crippen LogP contribution in [0.4, 0.5) is 17.3 Å². The number of nitrogens with one attached hydrogen (secondary N) is 2. The number of rotatable bonds is 7. The molecule has 37 heavy (non-hydrogen) atoms. The first-order valence-corrected chi connectivity index (χ1v) is 12.7. The average molecular weight is 496 g/mol. The van der Waals surface area contributed by atoms with Gasteiger partial charge >= 0.3 is 0 Å². The molecule has 1 saturated carbocycles. The lowest BCUT2D eigenvalue weighted by atomic mass is 10.1. The van der Waals surface area contributed by atoms with E-state index in [0.717, 1.165) is 56.0 Å². The monoisotopic (exact) mass is 495 g/mol. The predicted molar refractivity (Wildman–Crippen MR) is 144 cm³/mol. The standard InChI is InChI=1S/C28H29N7O2/c1-18(36)24-15-20-16-31-28(32-21-6-8-22(9-7-21)34-13-11-29-12-14-34)33-26(20)35(27(24)37)17-25-23(19-4-5-19)3-2-10-30-25/h2-3,6-10,15-16,19,29H,4-5,11-14,17H2,1H3,(H,31,32,33). The number of pyridine rings is 2. The first kappa shape index (κ1) is 23.3. The summed E-state index contributed by atoms with van der Waals surface area (Å²) in [7, 11) is 0. The Morgan fingerprint density at radius 1 is 1.11 bits per heavy atom. The van der Waals surface area contributed by atoms with Gasteiger partial charge < -0.3 is 15.5 Å². The summed E-state index contributed by atoms with van der Waals surface area (Å²) in [4.78, 5) is 41.8. The number of aromatic nitrogens is 4. The van der Waals surface area contributed by atoms with Crippen molar-refractivity contribution in [2.24, 2.45) is 0 Å². The van der Waals surface area contributed by atoms with Gasteiger partial charge in [0.25, 0.3) is 5.56 Å². The Kier molecular flexibility index (Phi) is 6.13. The molecule has 1 aromatic carbocycles. The van der Waals surface area contributed by atoms with Crippen LogP contribution in [-0.4, -0.2) is 51.5 Å². The van der Waals surface area contributed by atoms with E-state index in [1.165, 1.54) is 12.6 Å². The molecule has 0 bridgehead atoms. The van der Waals surface area contributed by atoms with E-state index >= 15 is 0 Å². The molecule has 9 heteroatoms. The number of ketones is 1. The third kappa shape index (κ3) is 4.82. The summed E-state index contributed by atoms with van der Waals surface area (Å²) >= 11 is 0. The fraction of sp³-hybridized carbons (Fsp3) is 0.321. The minimum Gasteiger partial charge on any atom is -0.369 e. The molecule has 0 spiro atoms. The minimum absolute atomic E-state index is 0.129. The average Bonchev–Trinajstić information content (AvgIpc) is 3.77. The van der Waals surface area contributed by atoms with Crippen molar-refractivity contribution in [1.29, 1.82) is 0 Å². The Morgan fingerprint density at radius 3 is 2.62 bits per heavy atom. The zero-order valence-electron chi connectivity index (χ0n) is 20.8. The molecule has 2 fully saturated rings. The van der Waals surface area contributed by atoms with Gasteiger partial charge in [0.15, 0.2) is 5.78 Å². The Morgan fingerprint density at radius 2 is 1.89 bits per heavy atom. The maximum Gasteiger partial charge on any atom is 0.263 e. The molecule has 2 N–H and O–H groups in total. The molecule has 1 saturated heterocycles. The largest absolute Gasteiger partial charge is 0.369 e. The first-order chi connectivity index (χ1) is 18.1. The lowest BCUT2D eigenvalue weighted by Crippen LogP contribution is -2.43. The van der Waals surface area contributed by atoms with Gasteiger partial charge in [-0.1, -0.05) is 6.07 Å². The van der Waals surface area contributed by atoms with Crippen LogP contribution < -0.4 is 21.1 Å². The third-order valence-corrected chi connectivity index (χ3v) is 7.06. The molecule has 0 unspecified atom stereocenters. The quantitative estimate of drug-likeness (QED) is 0.376. The van der Waals surface area contributed by atoms with E-state index in [1.807, 2.05) is 18.2 Å². The van der Waals surface area contributed by atoms with Gasteiger partial charge in [0.1, 0.15) is 5.65 Å². The van der Waals surface area contributed by atoms with E-state index < -0.39 is 0 Å². The van der Waals surface area contributed by atoms with Crippen LogP contribution in [0.3, 0.4) is 0 Å². The molecule has 4 aromatic rings. The summed E-state index contributed by atoms with van der Waals surface area (Å²) in [5.74, 6) is 0.586. The highest BCUT2D eigenvalue weighted by Crippen LogP contribution is 2.41. The Hall–Kier alpha value is -4.11. The van der Waals surface area contributed by atoms with Gasteiger partial charge in [-0.25, -0.2) is 4.98 Å². The van der Waals surface area contributed by atoms with Crippen molar-refractivity contribution in [2.75, 3.05) is 36.4 Å². The Bertz CT molecular complexity index is 1520. The molecule has 0 atom stereocenters. The van der Waals surface area contributed by atoms with Crippen LogP contribution in [0.25, 0.3) is 11.0 Å². The normalized spacial score (nSPS) is 15.6. The van der Waals surface area contributed by atoms with Crippen molar-refractivity contribution in [3.8, 4) is 0 Å². The van der Waals surface area contributed by atoms with Crippen LogP contribution in [0.5, 0.6) is 0 Å².